The van der Waals surface area contributed by atoms with Crippen LogP contribution in [0.1, 0.15) is 24.8 Å². The molecule has 6 heteroatoms. The molecule has 1 saturated carbocycles. The zero-order valence-electron chi connectivity index (χ0n) is 12.6. The van der Waals surface area contributed by atoms with Crippen molar-refractivity contribution in [3.63, 3.8) is 0 Å². The van der Waals surface area contributed by atoms with Crippen LogP contribution in [0, 0.1) is 11.6 Å². The molecule has 3 rings (SSSR count). The van der Waals surface area contributed by atoms with Crippen molar-refractivity contribution in [1.82, 2.24) is 10.2 Å². The van der Waals surface area contributed by atoms with E-state index >= 15 is 0 Å². The maximum absolute atomic E-state index is 14.1. The van der Waals surface area contributed by atoms with Crippen LogP contribution in [0.15, 0.2) is 18.2 Å². The van der Waals surface area contributed by atoms with Crippen LogP contribution in [0.2, 0.25) is 0 Å². The molecule has 120 valence electrons. The quantitative estimate of drug-likeness (QED) is 0.925. The monoisotopic (exact) mass is 310 g/mol. The topological polar surface area (TPSA) is 41.6 Å². The number of halogens is 2. The molecule has 1 aromatic rings. The third kappa shape index (κ3) is 2.85. The molecule has 2 fully saturated rings. The van der Waals surface area contributed by atoms with E-state index in [4.69, 9.17) is 4.74 Å². The van der Waals surface area contributed by atoms with Gasteiger partial charge in [0.2, 0.25) is 0 Å². The number of hydrogen-bond acceptors (Lipinski definition) is 3. The number of morpholine rings is 1. The molecule has 1 aliphatic carbocycles. The number of nitrogens with one attached hydrogen (secondary N) is 1. The lowest BCUT2D eigenvalue weighted by Gasteiger charge is -2.44. The van der Waals surface area contributed by atoms with E-state index in [9.17, 15) is 13.6 Å². The Hall–Kier alpha value is -1.53. The second-order valence-corrected chi connectivity index (χ2v) is 6.17. The van der Waals surface area contributed by atoms with Crippen molar-refractivity contribution >= 4 is 5.91 Å². The fourth-order valence-corrected chi connectivity index (χ4v) is 3.12. The number of likely N-dealkylation sites (N-methyl/N-ethyl adjacent to an activating group) is 1. The van der Waals surface area contributed by atoms with E-state index in [0.717, 1.165) is 19.0 Å². The van der Waals surface area contributed by atoms with Crippen LogP contribution in [0.3, 0.4) is 0 Å². The summed E-state index contributed by atoms with van der Waals surface area (Å²) >= 11 is 0. The highest BCUT2D eigenvalue weighted by Crippen LogP contribution is 2.42. The summed E-state index contributed by atoms with van der Waals surface area (Å²) in [5.41, 5.74) is -0.369. The lowest BCUT2D eigenvalue weighted by Crippen LogP contribution is -2.57. The molecule has 4 nitrogen and oxygen atoms in total. The smallest absolute Gasteiger partial charge is 0.251 e. The third-order valence-corrected chi connectivity index (χ3v) is 4.58. The third-order valence-electron chi connectivity index (χ3n) is 4.58. The molecule has 1 saturated heterocycles. The van der Waals surface area contributed by atoms with Gasteiger partial charge in [-0.3, -0.25) is 4.79 Å². The maximum atomic E-state index is 14.1. The fraction of sp³-hybridized carbons (Fsp3) is 0.562. The molecular weight excluding hydrogens is 290 g/mol. The summed E-state index contributed by atoms with van der Waals surface area (Å²) in [5.74, 6) is -1.45. The van der Waals surface area contributed by atoms with Gasteiger partial charge in [-0.05, 0) is 32.4 Å². The molecule has 1 aliphatic heterocycles. The number of amides is 1. The van der Waals surface area contributed by atoms with E-state index in [1.54, 1.807) is 0 Å². The van der Waals surface area contributed by atoms with Gasteiger partial charge in [-0.15, -0.1) is 0 Å². The molecule has 0 spiro atoms. The van der Waals surface area contributed by atoms with Crippen molar-refractivity contribution in [2.24, 2.45) is 0 Å². The molecule has 0 bridgehead atoms. The van der Waals surface area contributed by atoms with Crippen LogP contribution < -0.4 is 5.32 Å². The van der Waals surface area contributed by atoms with Gasteiger partial charge in [-0.25, -0.2) is 8.78 Å². The summed E-state index contributed by atoms with van der Waals surface area (Å²) in [6, 6.07) is 3.53. The van der Waals surface area contributed by atoms with E-state index in [1.807, 2.05) is 11.9 Å². The molecule has 1 atom stereocenters. The number of benzene rings is 1. The van der Waals surface area contributed by atoms with Crippen molar-refractivity contribution in [3.8, 4) is 0 Å². The zero-order valence-corrected chi connectivity index (χ0v) is 12.6. The van der Waals surface area contributed by atoms with E-state index in [2.05, 4.69) is 5.32 Å². The molecule has 0 aromatic heterocycles. The summed E-state index contributed by atoms with van der Waals surface area (Å²) in [6.07, 6.45) is 1.68. The molecule has 1 heterocycles. The van der Waals surface area contributed by atoms with E-state index in [1.165, 1.54) is 12.1 Å². The van der Waals surface area contributed by atoms with E-state index in [0.29, 0.717) is 31.6 Å². The molecule has 1 aromatic carbocycles. The highest BCUT2D eigenvalue weighted by molar-refractivity contribution is 5.82. The molecule has 1 N–H and O–H groups in total. The number of carbonyl (C=O) groups excluding carboxylic acids is 1. The van der Waals surface area contributed by atoms with Gasteiger partial charge in [0.05, 0.1) is 12.1 Å². The number of hydrogen-bond donors (Lipinski definition) is 1. The van der Waals surface area contributed by atoms with Gasteiger partial charge in [-0.1, -0.05) is 6.07 Å². The van der Waals surface area contributed by atoms with Gasteiger partial charge in [0, 0.05) is 24.7 Å². The van der Waals surface area contributed by atoms with Gasteiger partial charge in [-0.2, -0.15) is 0 Å². The molecule has 2 aliphatic rings. The first kappa shape index (κ1) is 15.4. The number of carbonyl (C=O) groups is 1. The Morgan fingerprint density at radius 3 is 2.77 bits per heavy atom. The minimum atomic E-state index is -0.728. The Labute approximate surface area is 128 Å². The predicted octanol–water partition coefficient (Wildman–Crippen LogP) is 1.79. The molecule has 0 radical (unpaired) electrons. The summed E-state index contributed by atoms with van der Waals surface area (Å²) in [7, 11) is 1.93. The van der Waals surface area contributed by atoms with Crippen LogP contribution >= 0.6 is 0 Å². The van der Waals surface area contributed by atoms with Gasteiger partial charge < -0.3 is 15.0 Å². The van der Waals surface area contributed by atoms with Crippen LogP contribution in [-0.2, 0) is 15.1 Å². The highest BCUT2D eigenvalue weighted by Gasteiger charge is 2.43. The average molecular weight is 310 g/mol. The van der Waals surface area contributed by atoms with Crippen molar-refractivity contribution in [2.75, 3.05) is 26.7 Å². The minimum Gasteiger partial charge on any atom is -0.366 e. The Morgan fingerprint density at radius 1 is 1.41 bits per heavy atom. The Morgan fingerprint density at radius 2 is 2.18 bits per heavy atom. The van der Waals surface area contributed by atoms with Gasteiger partial charge >= 0.3 is 0 Å². The average Bonchev–Trinajstić information content (AvgIpc) is 2.43. The minimum absolute atomic E-state index is 0.227. The van der Waals surface area contributed by atoms with Crippen molar-refractivity contribution < 1.29 is 18.3 Å². The van der Waals surface area contributed by atoms with Gasteiger partial charge in [0.1, 0.15) is 17.7 Å². The second-order valence-electron chi connectivity index (χ2n) is 6.17. The first-order valence-corrected chi connectivity index (χ1v) is 7.58. The number of nitrogens with zero attached hydrogens (tertiary/aromatic N) is 1. The second kappa shape index (κ2) is 5.93. The lowest BCUT2D eigenvalue weighted by molar-refractivity contribution is -0.141. The SMILES string of the molecule is CN1CCO[C@H](C(=O)NC2(c3ccc(F)cc3F)CCC2)C1. The van der Waals surface area contributed by atoms with Crippen molar-refractivity contribution in [3.05, 3.63) is 35.4 Å². The first-order valence-electron chi connectivity index (χ1n) is 7.58. The Balaban J connectivity index is 1.77. The molecule has 1 amide bonds. The molecule has 0 unspecified atom stereocenters. The zero-order chi connectivity index (χ0) is 15.7. The van der Waals surface area contributed by atoms with Crippen LogP contribution in [0.5, 0.6) is 0 Å². The summed E-state index contributed by atoms with van der Waals surface area (Å²) in [6.45, 7) is 1.82. The number of ether oxygens (including phenoxy) is 1. The fourth-order valence-electron chi connectivity index (χ4n) is 3.12. The van der Waals surface area contributed by atoms with Gasteiger partial charge in [0.15, 0.2) is 0 Å². The summed E-state index contributed by atoms with van der Waals surface area (Å²) in [5, 5.41) is 2.94. The van der Waals surface area contributed by atoms with E-state index in [-0.39, 0.29) is 5.91 Å². The van der Waals surface area contributed by atoms with E-state index < -0.39 is 23.3 Å². The Bertz CT molecular complexity index is 575. The van der Waals surface area contributed by atoms with Crippen molar-refractivity contribution in [2.45, 2.75) is 30.9 Å². The highest BCUT2D eigenvalue weighted by atomic mass is 19.1. The predicted molar refractivity (Wildman–Crippen MR) is 77.3 cm³/mol. The largest absolute Gasteiger partial charge is 0.366 e. The maximum Gasteiger partial charge on any atom is 0.251 e. The normalized spacial score (nSPS) is 24.6. The summed E-state index contributed by atoms with van der Waals surface area (Å²) < 4.78 is 32.7. The first-order chi connectivity index (χ1) is 10.5. The van der Waals surface area contributed by atoms with Crippen molar-refractivity contribution in [1.29, 1.82) is 0 Å². The standard InChI is InChI=1S/C16H20F2N2O2/c1-20-7-8-22-14(10-20)15(21)19-16(5-2-6-16)12-4-3-11(17)9-13(12)18/h3-4,9,14H,2,5-8,10H2,1H3,(H,19,21)/t14-/m0/s1. The molecular formula is C16H20F2N2O2. The molecule has 22 heavy (non-hydrogen) atoms. The van der Waals surface area contributed by atoms with Gasteiger partial charge in [0.25, 0.3) is 5.91 Å². The Kier molecular flexibility index (Phi) is 4.14. The van der Waals surface area contributed by atoms with Crippen LogP contribution in [0.4, 0.5) is 8.78 Å². The number of rotatable bonds is 3. The lowest BCUT2D eigenvalue weighted by atomic mass is 9.71. The van der Waals surface area contributed by atoms with Crippen LogP contribution in [0.25, 0.3) is 0 Å². The van der Waals surface area contributed by atoms with Crippen LogP contribution in [-0.4, -0.2) is 43.7 Å². The summed E-state index contributed by atoms with van der Waals surface area (Å²) in [4.78, 5) is 14.5.